The van der Waals surface area contributed by atoms with Gasteiger partial charge in [0.1, 0.15) is 18.8 Å². The Morgan fingerprint density at radius 1 is 1.22 bits per heavy atom. The summed E-state index contributed by atoms with van der Waals surface area (Å²) < 4.78 is 28.7. The molecule has 0 saturated heterocycles. The smallest absolute Gasteiger partial charge is 0.387 e. The van der Waals surface area contributed by atoms with Crippen molar-refractivity contribution in [1.29, 1.82) is 0 Å². The second-order valence-electron chi connectivity index (χ2n) is 6.38. The summed E-state index contributed by atoms with van der Waals surface area (Å²) in [6, 6.07) is 13.5. The number of para-hydroxylation sites is 2. The first kappa shape index (κ1) is 18.8. The van der Waals surface area contributed by atoms with Crippen LogP contribution in [0.1, 0.15) is 5.56 Å². The summed E-state index contributed by atoms with van der Waals surface area (Å²) in [4.78, 5) is 26.9. The van der Waals surface area contributed by atoms with Crippen molar-refractivity contribution in [3.05, 3.63) is 54.1 Å². The first-order chi connectivity index (χ1) is 12.9. The molecule has 1 unspecified atom stereocenters. The third-order valence-electron chi connectivity index (χ3n) is 4.18. The number of hydrogen-bond donors (Lipinski definition) is 2. The number of amides is 2. The number of hydrogen-bond acceptors (Lipinski definition) is 3. The van der Waals surface area contributed by atoms with Gasteiger partial charge in [-0.15, -0.1) is 0 Å². The molecule has 2 aromatic carbocycles. The minimum Gasteiger partial charge on any atom is -0.435 e. The lowest BCUT2D eigenvalue weighted by Crippen LogP contribution is -3.09. The molecule has 0 fully saturated rings. The maximum Gasteiger partial charge on any atom is 0.387 e. The lowest BCUT2D eigenvalue weighted by atomic mass is 10.2. The van der Waals surface area contributed by atoms with Gasteiger partial charge in [-0.2, -0.15) is 8.78 Å². The van der Waals surface area contributed by atoms with E-state index in [1.807, 2.05) is 13.1 Å². The van der Waals surface area contributed by atoms with Crippen molar-refractivity contribution in [2.24, 2.45) is 0 Å². The molecular formula is C19H20F2N3O3+. The predicted molar refractivity (Wildman–Crippen MR) is 96.0 cm³/mol. The van der Waals surface area contributed by atoms with Crippen molar-refractivity contribution >= 4 is 23.2 Å². The zero-order chi connectivity index (χ0) is 19.4. The Bertz CT molecular complexity index is 827. The topological polar surface area (TPSA) is 63.1 Å². The number of ether oxygens (including phenoxy) is 1. The zero-order valence-corrected chi connectivity index (χ0v) is 14.7. The number of halogens is 2. The zero-order valence-electron chi connectivity index (χ0n) is 14.7. The molecule has 3 rings (SSSR count). The lowest BCUT2D eigenvalue weighted by molar-refractivity contribution is -0.885. The number of anilines is 2. The van der Waals surface area contributed by atoms with Gasteiger partial charge < -0.3 is 15.0 Å². The van der Waals surface area contributed by atoms with Gasteiger partial charge in [-0.05, 0) is 36.4 Å². The fourth-order valence-corrected chi connectivity index (χ4v) is 3.01. The van der Waals surface area contributed by atoms with Crippen molar-refractivity contribution in [2.45, 2.75) is 13.2 Å². The molecule has 1 aliphatic heterocycles. The molecule has 6 nitrogen and oxygen atoms in total. The second kappa shape index (κ2) is 8.13. The summed E-state index contributed by atoms with van der Waals surface area (Å²) in [5.41, 5.74) is 2.19. The first-order valence-electron chi connectivity index (χ1n) is 8.46. The molecule has 1 heterocycles. The van der Waals surface area contributed by atoms with E-state index in [-0.39, 0.29) is 30.7 Å². The van der Waals surface area contributed by atoms with Gasteiger partial charge in [-0.25, -0.2) is 0 Å². The molecule has 2 N–H and O–H groups in total. The van der Waals surface area contributed by atoms with E-state index in [0.717, 1.165) is 10.5 Å². The van der Waals surface area contributed by atoms with E-state index >= 15 is 0 Å². The van der Waals surface area contributed by atoms with Crippen molar-refractivity contribution in [3.8, 4) is 5.75 Å². The maximum absolute atomic E-state index is 12.7. The van der Waals surface area contributed by atoms with Crippen LogP contribution in [0, 0.1) is 0 Å². The molecular weight excluding hydrogens is 356 g/mol. The van der Waals surface area contributed by atoms with Crippen LogP contribution in [0.25, 0.3) is 0 Å². The number of nitrogens with one attached hydrogen (secondary N) is 2. The molecule has 0 bridgehead atoms. The van der Waals surface area contributed by atoms with Gasteiger partial charge in [0, 0.05) is 5.56 Å². The van der Waals surface area contributed by atoms with Crippen LogP contribution in [0.4, 0.5) is 20.2 Å². The fraction of sp³-hybridized carbons (Fsp3) is 0.263. The highest BCUT2D eigenvalue weighted by Gasteiger charge is 2.28. The predicted octanol–water partition coefficient (Wildman–Crippen LogP) is 1.29. The highest BCUT2D eigenvalue weighted by atomic mass is 19.3. The Balaban J connectivity index is 1.62. The van der Waals surface area contributed by atoms with Gasteiger partial charge >= 0.3 is 6.61 Å². The number of benzene rings is 2. The molecule has 1 aliphatic rings. The lowest BCUT2D eigenvalue weighted by Gasteiger charge is -2.29. The highest BCUT2D eigenvalue weighted by molar-refractivity contribution is 6.10. The Hall–Kier alpha value is -3.00. The van der Waals surface area contributed by atoms with Crippen LogP contribution in [-0.4, -0.2) is 38.6 Å². The molecule has 1 atom stereocenters. The van der Waals surface area contributed by atoms with Gasteiger partial charge in [-0.3, -0.25) is 14.5 Å². The summed E-state index contributed by atoms with van der Waals surface area (Å²) >= 11 is 0. The monoisotopic (exact) mass is 376 g/mol. The molecule has 2 amide bonds. The Morgan fingerprint density at radius 3 is 2.63 bits per heavy atom. The first-order valence-corrected chi connectivity index (χ1v) is 8.46. The molecule has 142 valence electrons. The third-order valence-corrected chi connectivity index (χ3v) is 4.18. The SMILES string of the molecule is C[NH+](CC(=O)N1CC(=O)Nc2ccccc21)Cc1ccc(OC(F)F)cc1. The average Bonchev–Trinajstić information content (AvgIpc) is 2.62. The van der Waals surface area contributed by atoms with Crippen molar-refractivity contribution in [1.82, 2.24) is 0 Å². The minimum absolute atomic E-state index is 0.0111. The summed E-state index contributed by atoms with van der Waals surface area (Å²) in [5.74, 6) is -0.291. The van der Waals surface area contributed by atoms with Crippen LogP contribution in [0.15, 0.2) is 48.5 Å². The maximum atomic E-state index is 12.7. The normalized spacial score (nSPS) is 14.5. The van der Waals surface area contributed by atoms with E-state index in [2.05, 4.69) is 10.1 Å². The van der Waals surface area contributed by atoms with E-state index in [9.17, 15) is 18.4 Å². The quantitative estimate of drug-likeness (QED) is 0.799. The number of alkyl halides is 2. The average molecular weight is 376 g/mol. The molecule has 2 aromatic rings. The van der Waals surface area contributed by atoms with Gasteiger partial charge in [-0.1, -0.05) is 12.1 Å². The number of nitrogens with zero attached hydrogens (tertiary/aromatic N) is 1. The number of likely N-dealkylation sites (N-methyl/N-ethyl adjacent to an activating group) is 1. The summed E-state index contributed by atoms with van der Waals surface area (Å²) in [5, 5.41) is 2.75. The van der Waals surface area contributed by atoms with E-state index in [0.29, 0.717) is 17.9 Å². The summed E-state index contributed by atoms with van der Waals surface area (Å²) in [6.07, 6.45) is 0. The molecule has 0 saturated carbocycles. The van der Waals surface area contributed by atoms with Crippen LogP contribution in [0.2, 0.25) is 0 Å². The van der Waals surface area contributed by atoms with E-state index in [4.69, 9.17) is 0 Å². The Kier molecular flexibility index (Phi) is 5.66. The van der Waals surface area contributed by atoms with Gasteiger partial charge in [0.2, 0.25) is 5.91 Å². The van der Waals surface area contributed by atoms with Gasteiger partial charge in [0.25, 0.3) is 5.91 Å². The minimum atomic E-state index is -2.86. The van der Waals surface area contributed by atoms with Crippen molar-refractivity contribution in [2.75, 3.05) is 30.4 Å². The number of carbonyl (C=O) groups excluding carboxylic acids is 2. The summed E-state index contributed by atoms with van der Waals surface area (Å²) in [7, 11) is 1.86. The van der Waals surface area contributed by atoms with Crippen LogP contribution < -0.4 is 19.9 Å². The molecule has 0 aromatic heterocycles. The number of fused-ring (bicyclic) bond motifs is 1. The standard InChI is InChI=1S/C19H19F2N3O3/c1-23(10-13-6-8-14(9-7-13)27-19(20)21)12-18(26)24-11-17(25)22-15-4-2-3-5-16(15)24/h2-9,19H,10-12H2,1H3,(H,22,25)/p+1. The Labute approximate surface area is 155 Å². The van der Waals surface area contributed by atoms with Crippen molar-refractivity contribution < 1.29 is 28.0 Å². The largest absolute Gasteiger partial charge is 0.435 e. The molecule has 0 aliphatic carbocycles. The van der Waals surface area contributed by atoms with E-state index < -0.39 is 6.61 Å². The highest BCUT2D eigenvalue weighted by Crippen LogP contribution is 2.28. The second-order valence-corrected chi connectivity index (χ2v) is 6.38. The third kappa shape index (κ3) is 4.79. The molecule has 0 radical (unpaired) electrons. The van der Waals surface area contributed by atoms with Gasteiger partial charge in [0.05, 0.1) is 18.4 Å². The Morgan fingerprint density at radius 2 is 1.93 bits per heavy atom. The fourth-order valence-electron chi connectivity index (χ4n) is 3.01. The molecule has 0 spiro atoms. The van der Waals surface area contributed by atoms with E-state index in [1.165, 1.54) is 17.0 Å². The van der Waals surface area contributed by atoms with Crippen LogP contribution in [0.3, 0.4) is 0 Å². The number of rotatable bonds is 6. The molecule has 8 heteroatoms. The van der Waals surface area contributed by atoms with Crippen LogP contribution in [-0.2, 0) is 16.1 Å². The van der Waals surface area contributed by atoms with Crippen LogP contribution in [0.5, 0.6) is 5.75 Å². The van der Waals surface area contributed by atoms with Crippen LogP contribution >= 0.6 is 0 Å². The molecule has 27 heavy (non-hydrogen) atoms. The number of carbonyl (C=O) groups is 2. The summed E-state index contributed by atoms with van der Waals surface area (Å²) in [6.45, 7) is -2.14. The van der Waals surface area contributed by atoms with Crippen molar-refractivity contribution in [3.63, 3.8) is 0 Å². The van der Waals surface area contributed by atoms with E-state index in [1.54, 1.807) is 30.3 Å². The van der Waals surface area contributed by atoms with Gasteiger partial charge in [0.15, 0.2) is 6.54 Å². The number of quaternary nitrogens is 1.